The van der Waals surface area contributed by atoms with E-state index in [2.05, 4.69) is 38.8 Å². The number of aryl methyl sites for hydroxylation is 2. The van der Waals surface area contributed by atoms with E-state index in [1.54, 1.807) is 0 Å². The molecule has 0 saturated carbocycles. The number of nitrogens with zero attached hydrogens (tertiary/aromatic N) is 2. The predicted octanol–water partition coefficient (Wildman–Crippen LogP) is 6.66. The van der Waals surface area contributed by atoms with Gasteiger partial charge in [-0.2, -0.15) is 5.10 Å². The summed E-state index contributed by atoms with van der Waals surface area (Å²) < 4.78 is 3.19. The summed E-state index contributed by atoms with van der Waals surface area (Å²) in [5, 5.41) is 4.47. The van der Waals surface area contributed by atoms with Gasteiger partial charge in [-0.3, -0.25) is 4.68 Å². The molecule has 0 unspecified atom stereocenters. The lowest BCUT2D eigenvalue weighted by molar-refractivity contribution is 0.511. The van der Waals surface area contributed by atoms with E-state index in [4.69, 9.17) is 0 Å². The van der Waals surface area contributed by atoms with Crippen molar-refractivity contribution >= 4 is 15.9 Å². The van der Waals surface area contributed by atoms with Gasteiger partial charge in [0, 0.05) is 12.7 Å². The number of halogens is 1. The van der Waals surface area contributed by atoms with Crippen LogP contribution in [0.4, 0.5) is 0 Å². The highest BCUT2D eigenvalue weighted by atomic mass is 79.9. The van der Waals surface area contributed by atoms with Crippen molar-refractivity contribution in [3.05, 3.63) is 16.4 Å². The molecule has 0 atom stereocenters. The van der Waals surface area contributed by atoms with Gasteiger partial charge in [0.2, 0.25) is 0 Å². The molecular weight excluding hydrogens is 324 g/mol. The molecule has 2 nitrogen and oxygen atoms in total. The number of aromatic nitrogens is 2. The Hall–Kier alpha value is -0.310. The van der Waals surface area contributed by atoms with E-state index in [0.717, 1.165) is 16.7 Å². The molecule has 0 saturated heterocycles. The van der Waals surface area contributed by atoms with Crippen LogP contribution in [0.15, 0.2) is 10.7 Å². The lowest BCUT2D eigenvalue weighted by Crippen LogP contribution is -1.98. The molecule has 0 bridgehead atoms. The van der Waals surface area contributed by atoms with Crippen LogP contribution in [0.3, 0.4) is 0 Å². The fraction of sp³-hybridized carbons (Fsp3) is 0.833. The van der Waals surface area contributed by atoms with Gasteiger partial charge in [-0.15, -0.1) is 0 Å². The Balaban J connectivity index is 1.82. The summed E-state index contributed by atoms with van der Waals surface area (Å²) in [6, 6.07) is 0. The minimum Gasteiger partial charge on any atom is -0.271 e. The van der Waals surface area contributed by atoms with Crippen molar-refractivity contribution in [2.75, 3.05) is 0 Å². The predicted molar refractivity (Wildman–Crippen MR) is 95.7 cm³/mol. The fourth-order valence-corrected chi connectivity index (χ4v) is 3.04. The van der Waals surface area contributed by atoms with Crippen LogP contribution < -0.4 is 0 Å². The Morgan fingerprint density at radius 3 is 1.76 bits per heavy atom. The van der Waals surface area contributed by atoms with Crippen molar-refractivity contribution in [1.82, 2.24) is 9.78 Å². The van der Waals surface area contributed by atoms with Crippen molar-refractivity contribution in [2.45, 2.75) is 97.4 Å². The molecule has 0 aliphatic carbocycles. The maximum atomic E-state index is 4.47. The monoisotopic (exact) mass is 356 g/mol. The zero-order valence-corrected chi connectivity index (χ0v) is 15.6. The third kappa shape index (κ3) is 9.34. The summed E-state index contributed by atoms with van der Waals surface area (Å²) >= 11 is 3.51. The average molecular weight is 357 g/mol. The average Bonchev–Trinajstić information content (AvgIpc) is 2.79. The first kappa shape index (κ1) is 18.7. The molecule has 0 N–H and O–H groups in total. The van der Waals surface area contributed by atoms with Crippen LogP contribution in [-0.2, 0) is 6.54 Å². The molecule has 1 aromatic heterocycles. The molecule has 122 valence electrons. The normalized spacial score (nSPS) is 11.2. The zero-order valence-electron chi connectivity index (χ0n) is 14.0. The highest BCUT2D eigenvalue weighted by molar-refractivity contribution is 9.10. The zero-order chi connectivity index (χ0) is 15.3. The standard InChI is InChI=1S/C18H33BrN2/c1-3-4-5-6-7-8-9-10-11-12-13-14-15-21-16-18(19)17(2)20-21/h16H,3-15H2,1-2H3. The van der Waals surface area contributed by atoms with Gasteiger partial charge >= 0.3 is 0 Å². The SMILES string of the molecule is CCCCCCCCCCCCCCn1cc(Br)c(C)n1. The summed E-state index contributed by atoms with van der Waals surface area (Å²) in [6.45, 7) is 5.39. The third-order valence-electron chi connectivity index (χ3n) is 4.13. The number of hydrogen-bond donors (Lipinski definition) is 0. The fourth-order valence-electron chi connectivity index (χ4n) is 2.72. The lowest BCUT2D eigenvalue weighted by Gasteiger charge is -2.03. The van der Waals surface area contributed by atoms with Gasteiger partial charge in [0.1, 0.15) is 0 Å². The minimum absolute atomic E-state index is 1.06. The van der Waals surface area contributed by atoms with Crippen LogP contribution in [0.25, 0.3) is 0 Å². The maximum Gasteiger partial charge on any atom is 0.0735 e. The van der Waals surface area contributed by atoms with Gasteiger partial charge in [0.05, 0.1) is 10.2 Å². The summed E-state index contributed by atoms with van der Waals surface area (Å²) in [5.41, 5.74) is 1.09. The Kier molecular flexibility index (Phi) is 10.9. The van der Waals surface area contributed by atoms with E-state index in [-0.39, 0.29) is 0 Å². The first-order valence-electron chi connectivity index (χ1n) is 8.93. The van der Waals surface area contributed by atoms with Gasteiger partial charge in [-0.1, -0.05) is 77.6 Å². The smallest absolute Gasteiger partial charge is 0.0735 e. The van der Waals surface area contributed by atoms with Gasteiger partial charge in [0.15, 0.2) is 0 Å². The van der Waals surface area contributed by atoms with E-state index in [1.165, 1.54) is 77.0 Å². The van der Waals surface area contributed by atoms with Crippen LogP contribution in [0.1, 0.15) is 89.7 Å². The summed E-state index contributed by atoms with van der Waals surface area (Å²) in [7, 11) is 0. The van der Waals surface area contributed by atoms with Crippen molar-refractivity contribution in [3.63, 3.8) is 0 Å². The molecule has 1 aromatic rings. The molecule has 0 aliphatic heterocycles. The number of unbranched alkanes of at least 4 members (excludes halogenated alkanes) is 11. The molecule has 21 heavy (non-hydrogen) atoms. The number of rotatable bonds is 13. The van der Waals surface area contributed by atoms with Crippen LogP contribution in [0, 0.1) is 6.92 Å². The van der Waals surface area contributed by atoms with E-state index in [0.29, 0.717) is 0 Å². The van der Waals surface area contributed by atoms with Crippen LogP contribution in [0.2, 0.25) is 0 Å². The number of hydrogen-bond acceptors (Lipinski definition) is 1. The van der Waals surface area contributed by atoms with Gasteiger partial charge in [-0.25, -0.2) is 0 Å². The van der Waals surface area contributed by atoms with Gasteiger partial charge < -0.3 is 0 Å². The molecule has 0 aliphatic rings. The maximum absolute atomic E-state index is 4.47. The second kappa shape index (κ2) is 12.3. The van der Waals surface area contributed by atoms with Gasteiger partial charge in [0.25, 0.3) is 0 Å². The summed E-state index contributed by atoms with van der Waals surface area (Å²) in [4.78, 5) is 0. The van der Waals surface area contributed by atoms with E-state index in [1.807, 2.05) is 6.92 Å². The molecular formula is C18H33BrN2. The Bertz CT molecular complexity index is 341. The lowest BCUT2D eigenvalue weighted by atomic mass is 10.1. The largest absolute Gasteiger partial charge is 0.271 e. The second-order valence-corrected chi connectivity index (χ2v) is 7.07. The highest BCUT2D eigenvalue weighted by Crippen LogP contribution is 2.15. The highest BCUT2D eigenvalue weighted by Gasteiger charge is 2.00. The minimum atomic E-state index is 1.06. The topological polar surface area (TPSA) is 17.8 Å². The first-order chi connectivity index (χ1) is 10.2. The quantitative estimate of drug-likeness (QED) is 0.361. The Labute approximate surface area is 139 Å². The van der Waals surface area contributed by atoms with Crippen LogP contribution >= 0.6 is 15.9 Å². The molecule has 0 radical (unpaired) electrons. The molecule has 0 amide bonds. The van der Waals surface area contributed by atoms with Crippen LogP contribution in [0.5, 0.6) is 0 Å². The van der Waals surface area contributed by atoms with Crippen LogP contribution in [-0.4, -0.2) is 9.78 Å². The second-order valence-electron chi connectivity index (χ2n) is 6.21. The van der Waals surface area contributed by atoms with Crippen molar-refractivity contribution < 1.29 is 0 Å². The third-order valence-corrected chi connectivity index (χ3v) is 4.91. The molecule has 0 aromatic carbocycles. The molecule has 1 rings (SSSR count). The summed E-state index contributed by atoms with van der Waals surface area (Å²) in [6.07, 6.45) is 18.9. The Morgan fingerprint density at radius 2 is 1.33 bits per heavy atom. The molecule has 0 fully saturated rings. The summed E-state index contributed by atoms with van der Waals surface area (Å²) in [5.74, 6) is 0. The van der Waals surface area contributed by atoms with E-state index >= 15 is 0 Å². The van der Waals surface area contributed by atoms with Crippen molar-refractivity contribution in [2.24, 2.45) is 0 Å². The van der Waals surface area contributed by atoms with E-state index in [9.17, 15) is 0 Å². The van der Waals surface area contributed by atoms with Crippen molar-refractivity contribution in [1.29, 1.82) is 0 Å². The molecule has 3 heteroatoms. The molecule has 1 heterocycles. The van der Waals surface area contributed by atoms with Gasteiger partial charge in [-0.05, 0) is 29.3 Å². The Morgan fingerprint density at radius 1 is 0.857 bits per heavy atom. The molecule has 0 spiro atoms. The van der Waals surface area contributed by atoms with Crippen molar-refractivity contribution in [3.8, 4) is 0 Å². The first-order valence-corrected chi connectivity index (χ1v) is 9.73. The van der Waals surface area contributed by atoms with E-state index < -0.39 is 0 Å².